The Labute approximate surface area is 607 Å². The molecule has 5 atom stereocenters. The molecule has 0 aromatic heterocycles. The van der Waals surface area contributed by atoms with Gasteiger partial charge in [0.15, 0.2) is 12.2 Å². The highest BCUT2D eigenvalue weighted by Gasteiger charge is 2.30. The molecule has 0 rings (SSSR count). The topological polar surface area (TPSA) is 237 Å². The third-order valence-corrected chi connectivity index (χ3v) is 18.1. The van der Waals surface area contributed by atoms with Crippen LogP contribution in [0.15, 0.2) is 109 Å². The first kappa shape index (κ1) is 95.7. The molecule has 0 aromatic rings. The summed E-state index contributed by atoms with van der Waals surface area (Å²) in [6, 6.07) is 0. The summed E-state index contributed by atoms with van der Waals surface area (Å²) >= 11 is 0. The molecule has 0 saturated carbocycles. The molecular weight excluding hydrogens is 1310 g/mol. The van der Waals surface area contributed by atoms with Crippen LogP contribution in [0.3, 0.4) is 0 Å². The third kappa shape index (κ3) is 72.1. The Morgan fingerprint density at radius 2 is 0.520 bits per heavy atom. The van der Waals surface area contributed by atoms with Gasteiger partial charge in [-0.2, -0.15) is 0 Å². The maximum Gasteiger partial charge on any atom is 0.472 e. The van der Waals surface area contributed by atoms with Crippen molar-refractivity contribution in [2.24, 2.45) is 0 Å². The van der Waals surface area contributed by atoms with Gasteiger partial charge in [0.2, 0.25) is 0 Å². The number of aliphatic hydroxyl groups excluding tert-OH is 1. The number of unbranched alkanes of at least 4 members (excludes halogenated alkanes) is 29. The van der Waals surface area contributed by atoms with E-state index in [1.165, 1.54) is 64.2 Å². The fourth-order valence-electron chi connectivity index (χ4n) is 10.3. The predicted molar refractivity (Wildman–Crippen MR) is 408 cm³/mol. The van der Waals surface area contributed by atoms with Crippen molar-refractivity contribution < 1.29 is 80.2 Å². The lowest BCUT2D eigenvalue weighted by atomic mass is 10.1. The molecule has 0 heterocycles. The van der Waals surface area contributed by atoms with Crippen LogP contribution in [0.4, 0.5) is 0 Å². The van der Waals surface area contributed by atoms with Crippen molar-refractivity contribution in [3.8, 4) is 0 Å². The second-order valence-electron chi connectivity index (χ2n) is 25.9. The molecule has 19 heteroatoms. The van der Waals surface area contributed by atoms with Crippen LogP contribution in [-0.4, -0.2) is 96.7 Å². The SMILES string of the molecule is CC/C=C\C/C=C\C/C=C\C/C=C\CCCCCCCCC(=O)OCC(COP(=O)(O)OCC(O)COP(=O)(O)OCC(COC(=O)CCCCCCC/C=C\CCCCCC)OC(=O)CCCCCCCCCCCCC)OC(=O)CCCCCC/C=C\C/C=C\C/C=C\C/C=C\CC. The van der Waals surface area contributed by atoms with Crippen LogP contribution in [0.5, 0.6) is 0 Å². The molecule has 576 valence electrons. The molecule has 0 spiro atoms. The average molecular weight is 1450 g/mol. The average Bonchev–Trinajstić information content (AvgIpc) is 0.930. The van der Waals surface area contributed by atoms with Gasteiger partial charge in [-0.3, -0.25) is 37.3 Å². The quantitative estimate of drug-likeness (QED) is 0.0169. The van der Waals surface area contributed by atoms with Crippen LogP contribution in [-0.2, 0) is 65.4 Å². The molecule has 0 saturated heterocycles. The van der Waals surface area contributed by atoms with Crippen LogP contribution in [0.2, 0.25) is 0 Å². The number of rotatable bonds is 73. The van der Waals surface area contributed by atoms with E-state index in [9.17, 15) is 43.2 Å². The van der Waals surface area contributed by atoms with Gasteiger partial charge >= 0.3 is 39.5 Å². The van der Waals surface area contributed by atoms with Crippen LogP contribution >= 0.6 is 15.6 Å². The fraction of sp³-hybridized carbons (Fsp3) is 0.728. The summed E-state index contributed by atoms with van der Waals surface area (Å²) in [5.41, 5.74) is 0. The normalized spacial score (nSPS) is 14.5. The van der Waals surface area contributed by atoms with Gasteiger partial charge in [-0.05, 0) is 128 Å². The van der Waals surface area contributed by atoms with Gasteiger partial charge in [-0.1, -0.05) is 278 Å². The van der Waals surface area contributed by atoms with Gasteiger partial charge in [0, 0.05) is 25.7 Å². The van der Waals surface area contributed by atoms with Crippen LogP contribution in [0.25, 0.3) is 0 Å². The van der Waals surface area contributed by atoms with Gasteiger partial charge in [-0.15, -0.1) is 0 Å². The zero-order valence-corrected chi connectivity index (χ0v) is 64.6. The molecule has 0 aliphatic rings. The molecule has 0 amide bonds. The van der Waals surface area contributed by atoms with Crippen molar-refractivity contribution in [1.82, 2.24) is 0 Å². The van der Waals surface area contributed by atoms with Crippen molar-refractivity contribution in [1.29, 1.82) is 0 Å². The number of phosphoric ester groups is 2. The van der Waals surface area contributed by atoms with E-state index < -0.39 is 97.5 Å². The van der Waals surface area contributed by atoms with Crippen molar-refractivity contribution >= 4 is 39.5 Å². The van der Waals surface area contributed by atoms with E-state index in [-0.39, 0.29) is 25.7 Å². The van der Waals surface area contributed by atoms with Crippen LogP contribution in [0, 0.1) is 0 Å². The van der Waals surface area contributed by atoms with Gasteiger partial charge in [0.1, 0.15) is 19.3 Å². The first-order valence-corrected chi connectivity index (χ1v) is 42.1. The lowest BCUT2D eigenvalue weighted by molar-refractivity contribution is -0.161. The summed E-state index contributed by atoms with van der Waals surface area (Å²) in [6.07, 6.45) is 77.9. The maximum absolute atomic E-state index is 13.1. The summed E-state index contributed by atoms with van der Waals surface area (Å²) in [6.45, 7) is 4.59. The van der Waals surface area contributed by atoms with E-state index in [0.29, 0.717) is 25.7 Å². The van der Waals surface area contributed by atoms with E-state index in [1.54, 1.807) is 0 Å². The van der Waals surface area contributed by atoms with Gasteiger partial charge < -0.3 is 33.8 Å². The zero-order valence-electron chi connectivity index (χ0n) is 62.8. The number of hydrogen-bond donors (Lipinski definition) is 3. The first-order chi connectivity index (χ1) is 48.7. The predicted octanol–water partition coefficient (Wildman–Crippen LogP) is 22.6. The van der Waals surface area contributed by atoms with Crippen molar-refractivity contribution in [2.75, 3.05) is 39.6 Å². The number of carbonyl (C=O) groups excluding carboxylic acids is 4. The maximum atomic E-state index is 13.1. The smallest absolute Gasteiger partial charge is 0.462 e. The summed E-state index contributed by atoms with van der Waals surface area (Å²) in [7, 11) is -9.96. The molecule has 5 unspecified atom stereocenters. The molecule has 0 aliphatic heterocycles. The molecule has 17 nitrogen and oxygen atoms in total. The van der Waals surface area contributed by atoms with Crippen LogP contribution < -0.4 is 0 Å². The molecule has 0 fully saturated rings. The molecule has 0 aliphatic carbocycles. The number of ether oxygens (including phenoxy) is 4. The van der Waals surface area contributed by atoms with E-state index in [1.807, 2.05) is 0 Å². The molecular formula is C81H140O17P2. The second-order valence-corrected chi connectivity index (χ2v) is 28.8. The van der Waals surface area contributed by atoms with Crippen molar-refractivity contribution in [2.45, 2.75) is 341 Å². The Bertz CT molecular complexity index is 2320. The second kappa shape index (κ2) is 73.0. The molecule has 0 bridgehead atoms. The van der Waals surface area contributed by atoms with E-state index in [4.69, 9.17) is 37.0 Å². The number of hydrogen-bond acceptors (Lipinski definition) is 15. The standard InChI is InChI=1S/C81H140O17P2/c1-5-9-13-17-21-25-29-32-34-36-37-39-40-43-47-50-54-58-62-66-79(84)92-72-77(98-81(86)68-64-60-56-52-48-44-41-38-35-33-30-26-22-18-14-10-6-2)74-96-100(89,90)94-70-75(82)69-93-99(87,88)95-73-76(97-80(85)67-63-59-55-51-45-28-24-20-16-12-8-4)71-91-78(83)65-61-57-53-49-46-42-31-27-23-19-15-11-7-3/h9-10,13-14,21-22,25-27,31-35,37,39,41,44,75-77,82H,5-8,11-12,15-20,23-24,28-30,36,38,40,42-43,45-74H2,1-4H3,(H,87,88)(H,89,90)/b13-9-,14-10-,25-21-,26-22-,31-27-,34-32-,35-33-,39-37-,44-41-. The summed E-state index contributed by atoms with van der Waals surface area (Å²) in [5.74, 6) is -2.21. The highest BCUT2D eigenvalue weighted by Crippen LogP contribution is 2.45. The van der Waals surface area contributed by atoms with Gasteiger partial charge in [-0.25, -0.2) is 9.13 Å². The van der Waals surface area contributed by atoms with Gasteiger partial charge in [0.25, 0.3) is 0 Å². The van der Waals surface area contributed by atoms with E-state index in [2.05, 4.69) is 137 Å². The largest absolute Gasteiger partial charge is 0.472 e. The Morgan fingerprint density at radius 1 is 0.290 bits per heavy atom. The monoisotopic (exact) mass is 1450 g/mol. The molecule has 0 aromatic carbocycles. The molecule has 100 heavy (non-hydrogen) atoms. The van der Waals surface area contributed by atoms with Crippen molar-refractivity contribution in [3.63, 3.8) is 0 Å². The number of aliphatic hydroxyl groups is 1. The number of carbonyl (C=O) groups is 4. The zero-order chi connectivity index (χ0) is 73.2. The fourth-order valence-corrected chi connectivity index (χ4v) is 11.9. The van der Waals surface area contributed by atoms with Crippen LogP contribution in [0.1, 0.15) is 323 Å². The summed E-state index contributed by atoms with van der Waals surface area (Å²) in [4.78, 5) is 72.9. The molecule has 0 radical (unpaired) electrons. The van der Waals surface area contributed by atoms with E-state index in [0.717, 1.165) is 180 Å². The van der Waals surface area contributed by atoms with Crippen molar-refractivity contribution in [3.05, 3.63) is 109 Å². The lowest BCUT2D eigenvalue weighted by Crippen LogP contribution is -2.30. The lowest BCUT2D eigenvalue weighted by Gasteiger charge is -2.21. The number of allylic oxidation sites excluding steroid dienone is 18. The highest BCUT2D eigenvalue weighted by atomic mass is 31.2. The summed E-state index contributed by atoms with van der Waals surface area (Å²) in [5, 5.41) is 10.6. The minimum absolute atomic E-state index is 0.0622. The Balaban J connectivity index is 5.36. The first-order valence-electron chi connectivity index (χ1n) is 39.1. The third-order valence-electron chi connectivity index (χ3n) is 16.2. The van der Waals surface area contributed by atoms with Gasteiger partial charge in [0.05, 0.1) is 26.4 Å². The number of phosphoric acid groups is 2. The highest BCUT2D eigenvalue weighted by molar-refractivity contribution is 7.47. The Morgan fingerprint density at radius 3 is 0.820 bits per heavy atom. The molecule has 3 N–H and O–H groups in total. The summed E-state index contributed by atoms with van der Waals surface area (Å²) < 4.78 is 68.5. The Kier molecular flexibility index (Phi) is 69.9. The van der Waals surface area contributed by atoms with E-state index >= 15 is 0 Å². The Hall–Kier alpha value is -4.28. The number of esters is 4. The minimum atomic E-state index is -4.99. The minimum Gasteiger partial charge on any atom is -0.462 e.